The maximum Gasteiger partial charge on any atom is 0.324 e. The number of nitrogens with zero attached hydrogens (tertiary/aromatic N) is 6. The van der Waals surface area contributed by atoms with Crippen LogP contribution < -0.4 is 15.4 Å². The highest BCUT2D eigenvalue weighted by atomic mass is 19.1. The Kier molecular flexibility index (Phi) is 6.70. The fourth-order valence-electron chi connectivity index (χ4n) is 5.74. The summed E-state index contributed by atoms with van der Waals surface area (Å²) in [6.45, 7) is 8.26. The van der Waals surface area contributed by atoms with Gasteiger partial charge in [-0.1, -0.05) is 19.0 Å². The standard InChI is InChI=1S/C28H33F2N7O2/c1-15(2)27-34-28(39-35-27)36-8-6-17(7-9-36)16(3)38-26-12-23-24(13-32-26)37-14-22(31)20(11-25(37)33-23)19-10-18(29)4-5-21(19)30/h4-5,10,12-13,15-17,20,22H,6-9,11,14,31H2,1-3H3/t16-,20+,22-/m0/s1. The molecule has 0 radical (unpaired) electrons. The molecule has 3 aromatic heterocycles. The number of benzene rings is 1. The fourth-order valence-corrected chi connectivity index (χ4v) is 5.74. The van der Waals surface area contributed by atoms with Crippen molar-refractivity contribution in [3.05, 3.63) is 59.3 Å². The van der Waals surface area contributed by atoms with Crippen molar-refractivity contribution in [2.24, 2.45) is 11.7 Å². The van der Waals surface area contributed by atoms with Crippen LogP contribution in [0.4, 0.5) is 14.8 Å². The van der Waals surface area contributed by atoms with E-state index in [9.17, 15) is 8.78 Å². The summed E-state index contributed by atoms with van der Waals surface area (Å²) >= 11 is 0. The fraction of sp³-hybridized carbons (Fsp3) is 0.500. The van der Waals surface area contributed by atoms with Gasteiger partial charge >= 0.3 is 6.01 Å². The second-order valence-corrected chi connectivity index (χ2v) is 11.0. The minimum absolute atomic E-state index is 0.0306. The number of aromatic nitrogens is 5. The number of hydrogen-bond donors (Lipinski definition) is 1. The number of fused-ring (bicyclic) bond motifs is 3. The van der Waals surface area contributed by atoms with Crippen molar-refractivity contribution in [3.8, 4) is 5.88 Å². The zero-order chi connectivity index (χ0) is 27.3. The van der Waals surface area contributed by atoms with Gasteiger partial charge in [0, 0.05) is 50.0 Å². The van der Waals surface area contributed by atoms with Gasteiger partial charge in [0.05, 0.1) is 17.2 Å². The molecular formula is C28H33F2N7O2. The first-order valence-corrected chi connectivity index (χ1v) is 13.6. The van der Waals surface area contributed by atoms with E-state index in [1.54, 1.807) is 6.20 Å². The quantitative estimate of drug-likeness (QED) is 0.381. The average Bonchev–Trinajstić information content (AvgIpc) is 3.55. The molecule has 3 atom stereocenters. The van der Waals surface area contributed by atoms with Crippen molar-refractivity contribution in [2.45, 2.75) is 70.6 Å². The Morgan fingerprint density at radius 1 is 1.10 bits per heavy atom. The molecule has 0 saturated carbocycles. The van der Waals surface area contributed by atoms with Gasteiger partial charge in [0.2, 0.25) is 5.88 Å². The summed E-state index contributed by atoms with van der Waals surface area (Å²) in [5.41, 5.74) is 8.33. The number of hydrogen-bond acceptors (Lipinski definition) is 8. The molecule has 0 spiro atoms. The van der Waals surface area contributed by atoms with E-state index in [4.69, 9.17) is 20.0 Å². The molecular weight excluding hydrogens is 504 g/mol. The number of imidazole rings is 1. The molecule has 4 aromatic rings. The van der Waals surface area contributed by atoms with Gasteiger partial charge in [0.25, 0.3) is 0 Å². The van der Waals surface area contributed by atoms with E-state index in [2.05, 4.69) is 26.9 Å². The maximum atomic E-state index is 14.5. The van der Waals surface area contributed by atoms with Gasteiger partial charge in [-0.15, -0.1) is 0 Å². The van der Waals surface area contributed by atoms with Crippen LogP contribution in [-0.4, -0.2) is 49.9 Å². The number of halogens is 2. The van der Waals surface area contributed by atoms with Crippen LogP contribution in [0.1, 0.15) is 62.7 Å². The van der Waals surface area contributed by atoms with E-state index in [-0.39, 0.29) is 24.0 Å². The van der Waals surface area contributed by atoms with Gasteiger partial charge in [0.15, 0.2) is 5.82 Å². The predicted molar refractivity (Wildman–Crippen MR) is 142 cm³/mol. The Labute approximate surface area is 225 Å². The molecule has 39 heavy (non-hydrogen) atoms. The zero-order valence-corrected chi connectivity index (χ0v) is 22.3. The van der Waals surface area contributed by atoms with Crippen molar-refractivity contribution < 1.29 is 18.0 Å². The summed E-state index contributed by atoms with van der Waals surface area (Å²) in [5.74, 6) is 1.34. The topological polar surface area (TPSA) is 108 Å². The molecule has 1 aromatic carbocycles. The predicted octanol–water partition coefficient (Wildman–Crippen LogP) is 4.57. The molecule has 0 amide bonds. The second kappa shape index (κ2) is 10.2. The highest BCUT2D eigenvalue weighted by Gasteiger charge is 2.32. The highest BCUT2D eigenvalue weighted by Crippen LogP contribution is 2.34. The molecule has 11 heteroatoms. The molecule has 5 heterocycles. The van der Waals surface area contributed by atoms with Crippen LogP contribution >= 0.6 is 0 Å². The van der Waals surface area contributed by atoms with Crippen LogP contribution in [-0.2, 0) is 13.0 Å². The number of ether oxygens (including phenoxy) is 1. The van der Waals surface area contributed by atoms with Crippen LogP contribution in [0, 0.1) is 17.6 Å². The van der Waals surface area contributed by atoms with Crippen LogP contribution in [0.15, 0.2) is 35.0 Å². The number of anilines is 1. The molecule has 1 fully saturated rings. The normalized spacial score (nSPS) is 20.9. The highest BCUT2D eigenvalue weighted by molar-refractivity contribution is 5.76. The maximum absolute atomic E-state index is 14.5. The third kappa shape index (κ3) is 4.95. The molecule has 206 valence electrons. The van der Waals surface area contributed by atoms with Gasteiger partial charge < -0.3 is 24.5 Å². The molecule has 0 unspecified atom stereocenters. The number of pyridine rings is 1. The summed E-state index contributed by atoms with van der Waals surface area (Å²) in [4.78, 5) is 16.0. The summed E-state index contributed by atoms with van der Waals surface area (Å²) in [7, 11) is 0. The lowest BCUT2D eigenvalue weighted by molar-refractivity contribution is 0.126. The average molecular weight is 538 g/mol. The zero-order valence-electron chi connectivity index (χ0n) is 22.3. The van der Waals surface area contributed by atoms with Crippen molar-refractivity contribution in [2.75, 3.05) is 18.0 Å². The third-order valence-corrected chi connectivity index (χ3v) is 8.09. The first-order chi connectivity index (χ1) is 18.8. The van der Waals surface area contributed by atoms with Crippen molar-refractivity contribution in [1.82, 2.24) is 24.7 Å². The monoisotopic (exact) mass is 537 g/mol. The van der Waals surface area contributed by atoms with Crippen molar-refractivity contribution >= 4 is 17.0 Å². The lowest BCUT2D eigenvalue weighted by atomic mass is 9.86. The van der Waals surface area contributed by atoms with E-state index < -0.39 is 11.6 Å². The van der Waals surface area contributed by atoms with Gasteiger partial charge in [-0.3, -0.25) is 0 Å². The Bertz CT molecular complexity index is 1480. The largest absolute Gasteiger partial charge is 0.474 e. The van der Waals surface area contributed by atoms with Crippen LogP contribution in [0.2, 0.25) is 0 Å². The molecule has 9 nitrogen and oxygen atoms in total. The summed E-state index contributed by atoms with van der Waals surface area (Å²) < 4.78 is 42.1. The van der Waals surface area contributed by atoms with Crippen molar-refractivity contribution in [1.29, 1.82) is 0 Å². The number of nitrogens with two attached hydrogens (primary N) is 1. The van der Waals surface area contributed by atoms with Gasteiger partial charge in [0.1, 0.15) is 23.6 Å². The molecule has 1 saturated heterocycles. The minimum atomic E-state index is -0.474. The molecule has 0 bridgehead atoms. The number of rotatable bonds is 6. The van der Waals surface area contributed by atoms with E-state index in [1.165, 1.54) is 6.07 Å². The summed E-state index contributed by atoms with van der Waals surface area (Å²) in [6.07, 6.45) is 4.03. The SMILES string of the molecule is CC(C)c1noc(N2CCC([C@H](C)Oc3cc4nc5n(c4cn3)C[C@H](N)[C@@H](c3cc(F)ccc3F)C5)CC2)n1. The Balaban J connectivity index is 1.13. The molecule has 6 rings (SSSR count). The van der Waals surface area contributed by atoms with Crippen LogP contribution in [0.25, 0.3) is 11.0 Å². The van der Waals surface area contributed by atoms with Crippen LogP contribution in [0.3, 0.4) is 0 Å². The molecule has 2 aliphatic rings. The van der Waals surface area contributed by atoms with E-state index in [0.29, 0.717) is 36.3 Å². The molecule has 2 aliphatic heterocycles. The summed E-state index contributed by atoms with van der Waals surface area (Å²) in [5, 5.41) is 4.07. The Morgan fingerprint density at radius 3 is 2.64 bits per heavy atom. The first kappa shape index (κ1) is 25.7. The third-order valence-electron chi connectivity index (χ3n) is 8.09. The van der Waals surface area contributed by atoms with Gasteiger partial charge in [-0.25, -0.2) is 18.7 Å². The van der Waals surface area contributed by atoms with E-state index >= 15 is 0 Å². The molecule has 2 N–H and O–H groups in total. The van der Waals surface area contributed by atoms with Crippen molar-refractivity contribution in [3.63, 3.8) is 0 Å². The van der Waals surface area contributed by atoms with E-state index in [0.717, 1.165) is 60.7 Å². The van der Waals surface area contributed by atoms with E-state index in [1.807, 2.05) is 24.5 Å². The minimum Gasteiger partial charge on any atom is -0.474 e. The van der Waals surface area contributed by atoms with Crippen LogP contribution in [0.5, 0.6) is 5.88 Å². The first-order valence-electron chi connectivity index (χ1n) is 13.6. The smallest absolute Gasteiger partial charge is 0.324 e. The number of piperidine rings is 1. The summed E-state index contributed by atoms with van der Waals surface area (Å²) in [6, 6.07) is 5.57. The van der Waals surface area contributed by atoms with Gasteiger partial charge in [-0.2, -0.15) is 4.98 Å². The van der Waals surface area contributed by atoms with Gasteiger partial charge in [-0.05, 0) is 49.4 Å². The second-order valence-electron chi connectivity index (χ2n) is 11.0. The Hall–Kier alpha value is -3.60. The lowest BCUT2D eigenvalue weighted by Crippen LogP contribution is -2.39. The lowest BCUT2D eigenvalue weighted by Gasteiger charge is -2.33. The molecule has 0 aliphatic carbocycles. The Morgan fingerprint density at radius 2 is 1.90 bits per heavy atom.